The van der Waals surface area contributed by atoms with Crippen LogP contribution in [-0.4, -0.2) is 18.5 Å². The van der Waals surface area contributed by atoms with Crippen molar-refractivity contribution in [3.63, 3.8) is 0 Å². The maximum Gasteiger partial charge on any atom is 0.253 e. The first-order chi connectivity index (χ1) is 7.89. The molecule has 2 N–H and O–H groups in total. The van der Waals surface area contributed by atoms with E-state index < -0.39 is 0 Å². The van der Waals surface area contributed by atoms with Gasteiger partial charge < -0.3 is 10.6 Å². The van der Waals surface area contributed by atoms with Crippen molar-refractivity contribution >= 4 is 23.2 Å². The molecule has 3 nitrogen and oxygen atoms in total. The maximum atomic E-state index is 12.1. The van der Waals surface area contributed by atoms with Gasteiger partial charge in [-0.1, -0.05) is 18.5 Å². The highest BCUT2D eigenvalue weighted by Crippen LogP contribution is 2.21. The van der Waals surface area contributed by atoms with Crippen LogP contribution in [0.5, 0.6) is 0 Å². The van der Waals surface area contributed by atoms with Crippen molar-refractivity contribution in [2.75, 3.05) is 12.4 Å². The highest BCUT2D eigenvalue weighted by Gasteiger charge is 2.20. The van der Waals surface area contributed by atoms with Gasteiger partial charge in [-0.3, -0.25) is 4.79 Å². The second kappa shape index (κ2) is 5.41. The molecule has 0 aliphatic carbocycles. The fourth-order valence-electron chi connectivity index (χ4n) is 1.39. The van der Waals surface area contributed by atoms with Crippen LogP contribution >= 0.6 is 11.6 Å². The van der Waals surface area contributed by atoms with Crippen molar-refractivity contribution in [1.82, 2.24) is 5.32 Å². The molecule has 1 amide bonds. The minimum atomic E-state index is -0.218. The Morgan fingerprint density at radius 2 is 2.06 bits per heavy atom. The van der Waals surface area contributed by atoms with E-state index in [9.17, 15) is 4.79 Å². The molecule has 0 aliphatic rings. The third-order valence-electron chi connectivity index (χ3n) is 2.83. The average molecular weight is 255 g/mol. The third-order valence-corrected chi connectivity index (χ3v) is 3.07. The van der Waals surface area contributed by atoms with Gasteiger partial charge in [-0.05, 0) is 38.5 Å². The van der Waals surface area contributed by atoms with Gasteiger partial charge in [-0.25, -0.2) is 0 Å². The molecular weight excluding hydrogens is 236 g/mol. The van der Waals surface area contributed by atoms with Gasteiger partial charge in [0.15, 0.2) is 0 Å². The van der Waals surface area contributed by atoms with E-state index in [1.807, 2.05) is 20.8 Å². The van der Waals surface area contributed by atoms with E-state index in [1.165, 1.54) is 0 Å². The van der Waals surface area contributed by atoms with E-state index in [-0.39, 0.29) is 11.4 Å². The Morgan fingerprint density at radius 1 is 1.41 bits per heavy atom. The van der Waals surface area contributed by atoms with Gasteiger partial charge in [0.25, 0.3) is 5.91 Å². The molecule has 1 rings (SSSR count). The van der Waals surface area contributed by atoms with Crippen LogP contribution in [0.1, 0.15) is 37.6 Å². The van der Waals surface area contributed by atoms with Crippen molar-refractivity contribution in [2.24, 2.45) is 0 Å². The first-order valence-corrected chi connectivity index (χ1v) is 6.07. The van der Waals surface area contributed by atoms with Gasteiger partial charge in [-0.15, -0.1) is 0 Å². The second-order valence-electron chi connectivity index (χ2n) is 4.63. The Labute approximate surface area is 108 Å². The van der Waals surface area contributed by atoms with Crippen molar-refractivity contribution in [3.05, 3.63) is 28.8 Å². The second-order valence-corrected chi connectivity index (χ2v) is 5.07. The number of hydrogen-bond acceptors (Lipinski definition) is 2. The van der Waals surface area contributed by atoms with Gasteiger partial charge in [0.05, 0.1) is 5.56 Å². The molecule has 0 saturated heterocycles. The molecule has 0 saturated carbocycles. The maximum absolute atomic E-state index is 12.1. The molecule has 0 radical (unpaired) electrons. The van der Waals surface area contributed by atoms with Crippen LogP contribution in [-0.2, 0) is 0 Å². The summed E-state index contributed by atoms with van der Waals surface area (Å²) >= 11 is 5.92. The Morgan fingerprint density at radius 3 is 2.59 bits per heavy atom. The fourth-order valence-corrected chi connectivity index (χ4v) is 1.56. The zero-order valence-electron chi connectivity index (χ0n) is 10.7. The van der Waals surface area contributed by atoms with Crippen molar-refractivity contribution in [3.8, 4) is 0 Å². The Hall–Kier alpha value is -1.22. The number of amides is 1. The third kappa shape index (κ3) is 3.63. The van der Waals surface area contributed by atoms with Crippen LogP contribution in [0.3, 0.4) is 0 Å². The molecule has 0 aromatic heterocycles. The van der Waals surface area contributed by atoms with Gasteiger partial charge in [0.2, 0.25) is 0 Å². The number of halogens is 1. The molecular formula is C13H19ClN2O. The van der Waals surface area contributed by atoms with Gasteiger partial charge in [0.1, 0.15) is 0 Å². The Bertz CT molecular complexity index is 416. The lowest BCUT2D eigenvalue weighted by Crippen LogP contribution is -2.42. The van der Waals surface area contributed by atoms with E-state index >= 15 is 0 Å². The summed E-state index contributed by atoms with van der Waals surface area (Å²) in [6, 6.07) is 5.24. The minimum Gasteiger partial charge on any atom is -0.387 e. The summed E-state index contributed by atoms with van der Waals surface area (Å²) in [5.41, 5.74) is 1.13. The smallest absolute Gasteiger partial charge is 0.253 e. The molecule has 0 fully saturated rings. The average Bonchev–Trinajstić information content (AvgIpc) is 2.28. The summed E-state index contributed by atoms with van der Waals surface area (Å²) < 4.78 is 0. The summed E-state index contributed by atoms with van der Waals surface area (Å²) in [7, 11) is 1.78. The minimum absolute atomic E-state index is 0.108. The highest BCUT2D eigenvalue weighted by atomic mass is 35.5. The highest BCUT2D eigenvalue weighted by molar-refractivity contribution is 6.31. The van der Waals surface area contributed by atoms with Gasteiger partial charge in [-0.2, -0.15) is 0 Å². The largest absolute Gasteiger partial charge is 0.387 e. The van der Waals surface area contributed by atoms with Crippen LogP contribution in [0.25, 0.3) is 0 Å². The molecule has 0 spiro atoms. The van der Waals surface area contributed by atoms with Crippen LogP contribution in [0.4, 0.5) is 5.69 Å². The number of carbonyl (C=O) groups is 1. The Balaban J connectivity index is 2.99. The fraction of sp³-hybridized carbons (Fsp3) is 0.462. The molecule has 0 atom stereocenters. The predicted octanol–water partition coefficient (Wildman–Crippen LogP) is 3.30. The summed E-state index contributed by atoms with van der Waals surface area (Å²) in [6.45, 7) is 6.03. The number of nitrogens with one attached hydrogen (secondary N) is 2. The lowest BCUT2D eigenvalue weighted by Gasteiger charge is -2.25. The van der Waals surface area contributed by atoms with Crippen molar-refractivity contribution in [2.45, 2.75) is 32.7 Å². The number of carbonyl (C=O) groups excluding carboxylic acids is 1. The van der Waals surface area contributed by atoms with E-state index in [2.05, 4.69) is 10.6 Å². The van der Waals surface area contributed by atoms with Crippen LogP contribution in [0, 0.1) is 0 Å². The quantitative estimate of drug-likeness (QED) is 0.866. The van der Waals surface area contributed by atoms with Crippen molar-refractivity contribution in [1.29, 1.82) is 0 Å². The van der Waals surface area contributed by atoms with E-state index in [0.29, 0.717) is 10.6 Å². The van der Waals surface area contributed by atoms with Gasteiger partial charge in [0, 0.05) is 23.3 Å². The molecule has 94 valence electrons. The van der Waals surface area contributed by atoms with E-state index in [1.54, 1.807) is 25.2 Å². The first-order valence-electron chi connectivity index (χ1n) is 5.69. The molecule has 4 heteroatoms. The number of hydrogen-bond donors (Lipinski definition) is 2. The monoisotopic (exact) mass is 254 g/mol. The molecule has 0 bridgehead atoms. The topological polar surface area (TPSA) is 41.1 Å². The molecule has 0 unspecified atom stereocenters. The number of benzene rings is 1. The zero-order valence-corrected chi connectivity index (χ0v) is 11.5. The SMILES string of the molecule is CCC(C)(C)NC(=O)c1cc(Cl)ccc1NC. The van der Waals surface area contributed by atoms with Crippen LogP contribution in [0.2, 0.25) is 5.02 Å². The summed E-state index contributed by atoms with van der Waals surface area (Å²) in [5, 5.41) is 6.53. The molecule has 0 heterocycles. The number of anilines is 1. The van der Waals surface area contributed by atoms with Gasteiger partial charge >= 0.3 is 0 Å². The zero-order chi connectivity index (χ0) is 13.1. The summed E-state index contributed by atoms with van der Waals surface area (Å²) in [4.78, 5) is 12.1. The van der Waals surface area contributed by atoms with Crippen LogP contribution in [0.15, 0.2) is 18.2 Å². The normalized spacial score (nSPS) is 11.1. The van der Waals surface area contributed by atoms with Crippen molar-refractivity contribution < 1.29 is 4.79 Å². The molecule has 1 aromatic rings. The summed E-state index contributed by atoms with van der Waals surface area (Å²) in [5.74, 6) is -0.108. The molecule has 1 aromatic carbocycles. The van der Waals surface area contributed by atoms with Crippen LogP contribution < -0.4 is 10.6 Å². The Kier molecular flexibility index (Phi) is 4.40. The number of rotatable bonds is 4. The first kappa shape index (κ1) is 13.8. The predicted molar refractivity (Wildman–Crippen MR) is 72.8 cm³/mol. The summed E-state index contributed by atoms with van der Waals surface area (Å²) in [6.07, 6.45) is 0.869. The molecule has 0 aliphatic heterocycles. The lowest BCUT2D eigenvalue weighted by atomic mass is 10.0. The molecule has 17 heavy (non-hydrogen) atoms. The van der Waals surface area contributed by atoms with E-state index in [0.717, 1.165) is 12.1 Å². The van der Waals surface area contributed by atoms with E-state index in [4.69, 9.17) is 11.6 Å². The lowest BCUT2D eigenvalue weighted by molar-refractivity contribution is 0.0912. The standard InChI is InChI=1S/C13H19ClN2O/c1-5-13(2,3)16-12(17)10-8-9(14)6-7-11(10)15-4/h6-8,15H,5H2,1-4H3,(H,16,17).